The van der Waals surface area contributed by atoms with Crippen LogP contribution in [-0.4, -0.2) is 29.6 Å². The van der Waals surface area contributed by atoms with Crippen molar-refractivity contribution in [2.75, 3.05) is 0 Å². The van der Waals surface area contributed by atoms with Crippen LogP contribution in [0.1, 0.15) is 30.7 Å². The van der Waals surface area contributed by atoms with E-state index in [9.17, 15) is 26.7 Å². The lowest BCUT2D eigenvalue weighted by Gasteiger charge is -2.36. The van der Waals surface area contributed by atoms with Gasteiger partial charge >= 0.3 is 18.6 Å². The summed E-state index contributed by atoms with van der Waals surface area (Å²) < 4.78 is 71.7. The number of urea groups is 1. The predicted octanol–water partition coefficient (Wildman–Crippen LogP) is 6.30. The van der Waals surface area contributed by atoms with Gasteiger partial charge in [-0.2, -0.15) is 17.6 Å². The number of hydrogen-bond donors (Lipinski definition) is 2. The Bertz CT molecular complexity index is 1180. The molecule has 2 aromatic carbocycles. The lowest BCUT2D eigenvalue weighted by Crippen LogP contribution is -2.53. The van der Waals surface area contributed by atoms with Crippen molar-refractivity contribution in [3.63, 3.8) is 0 Å². The summed E-state index contributed by atoms with van der Waals surface area (Å²) in [5.74, 6) is -1.90. The average Bonchev–Trinajstić information content (AvgIpc) is 2.78. The fraction of sp³-hybridized carbons (Fsp3) is 0.280. The molecule has 3 rings (SSSR count). The van der Waals surface area contributed by atoms with Crippen LogP contribution in [0, 0.1) is 5.82 Å². The van der Waals surface area contributed by atoms with Crippen LogP contribution < -0.4 is 15.4 Å². The summed E-state index contributed by atoms with van der Waals surface area (Å²) in [4.78, 5) is 17.3. The lowest BCUT2D eigenvalue weighted by molar-refractivity contribution is -0.253. The second-order valence-corrected chi connectivity index (χ2v) is 8.76. The summed E-state index contributed by atoms with van der Waals surface area (Å²) in [5, 5.41) is 5.73. The van der Waals surface area contributed by atoms with Gasteiger partial charge in [0.2, 0.25) is 0 Å². The SMILES string of the molecule is CC(C)NC(=O)NC(Cc1ccccc1)(c1cc(F)cc(OC(F)(F)C(F)F)c1)c1ccc(Cl)cn1. The molecule has 2 amide bonds. The highest BCUT2D eigenvalue weighted by atomic mass is 35.5. The van der Waals surface area contributed by atoms with Crippen LogP contribution in [0.15, 0.2) is 66.9 Å². The molecule has 192 valence electrons. The second-order valence-electron chi connectivity index (χ2n) is 8.32. The Kier molecular flexibility index (Phi) is 8.39. The van der Waals surface area contributed by atoms with Crippen molar-refractivity contribution in [3.8, 4) is 5.75 Å². The largest absolute Gasteiger partial charge is 0.461 e. The Balaban J connectivity index is 2.25. The molecule has 0 fully saturated rings. The van der Waals surface area contributed by atoms with Crippen molar-refractivity contribution in [1.82, 2.24) is 15.6 Å². The standard InChI is InChI=1S/C25H23ClF5N3O2/c1-15(2)33-23(35)34-24(13-16-6-4-3-5-7-16,21-9-8-18(26)14-32-21)17-10-19(27)12-20(11-17)36-25(30,31)22(28)29/h3-12,14-15,22H,13H2,1-2H3,(H2,33,34,35). The fourth-order valence-electron chi connectivity index (χ4n) is 3.61. The molecule has 0 spiro atoms. The topological polar surface area (TPSA) is 63.2 Å². The molecule has 1 atom stereocenters. The van der Waals surface area contributed by atoms with Crippen LogP contribution >= 0.6 is 11.6 Å². The minimum atomic E-state index is -4.87. The zero-order valence-electron chi connectivity index (χ0n) is 19.2. The van der Waals surface area contributed by atoms with E-state index in [2.05, 4.69) is 20.4 Å². The van der Waals surface area contributed by atoms with Gasteiger partial charge < -0.3 is 15.4 Å². The Hall–Kier alpha value is -3.40. The third-order valence-electron chi connectivity index (χ3n) is 5.10. The highest BCUT2D eigenvalue weighted by Crippen LogP contribution is 2.37. The van der Waals surface area contributed by atoms with Crippen LogP contribution in [0.2, 0.25) is 5.02 Å². The molecule has 1 aromatic heterocycles. The molecule has 11 heteroatoms. The van der Waals surface area contributed by atoms with Crippen LogP contribution in [0.5, 0.6) is 5.75 Å². The van der Waals surface area contributed by atoms with Crippen molar-refractivity contribution >= 4 is 17.6 Å². The summed E-state index contributed by atoms with van der Waals surface area (Å²) in [6.45, 7) is 3.44. The van der Waals surface area contributed by atoms with Crippen LogP contribution in [0.3, 0.4) is 0 Å². The molecule has 0 aliphatic heterocycles. The molecule has 0 saturated carbocycles. The van der Waals surface area contributed by atoms with E-state index >= 15 is 0 Å². The van der Waals surface area contributed by atoms with E-state index in [0.717, 1.165) is 12.1 Å². The number of carbonyl (C=O) groups is 1. The quantitative estimate of drug-likeness (QED) is 0.321. The number of amides is 2. The van der Waals surface area contributed by atoms with Gasteiger partial charge in [0.15, 0.2) is 0 Å². The zero-order valence-corrected chi connectivity index (χ0v) is 20.0. The molecule has 3 aromatic rings. The van der Waals surface area contributed by atoms with Crippen LogP contribution in [0.25, 0.3) is 0 Å². The van der Waals surface area contributed by atoms with E-state index in [4.69, 9.17) is 11.6 Å². The first-order valence-electron chi connectivity index (χ1n) is 10.8. The summed E-state index contributed by atoms with van der Waals surface area (Å²) in [7, 11) is 0. The summed E-state index contributed by atoms with van der Waals surface area (Å²) >= 11 is 6.00. The fourth-order valence-corrected chi connectivity index (χ4v) is 3.72. The lowest BCUT2D eigenvalue weighted by atomic mass is 9.80. The van der Waals surface area contributed by atoms with Gasteiger partial charge in [-0.05, 0) is 49.2 Å². The summed E-state index contributed by atoms with van der Waals surface area (Å²) in [6.07, 6.45) is -7.72. The molecule has 36 heavy (non-hydrogen) atoms. The number of nitrogens with zero attached hydrogens (tertiary/aromatic N) is 1. The Labute approximate surface area is 209 Å². The predicted molar refractivity (Wildman–Crippen MR) is 125 cm³/mol. The van der Waals surface area contributed by atoms with E-state index in [1.54, 1.807) is 44.2 Å². The van der Waals surface area contributed by atoms with E-state index in [1.165, 1.54) is 18.3 Å². The smallest absolute Gasteiger partial charge is 0.428 e. The molecule has 1 unspecified atom stereocenters. The Morgan fingerprint density at radius 2 is 1.78 bits per heavy atom. The number of hydrogen-bond acceptors (Lipinski definition) is 3. The molecule has 5 nitrogen and oxygen atoms in total. The Morgan fingerprint density at radius 1 is 1.08 bits per heavy atom. The van der Waals surface area contributed by atoms with Gasteiger partial charge in [-0.3, -0.25) is 4.98 Å². The monoisotopic (exact) mass is 527 g/mol. The number of alkyl halides is 4. The maximum absolute atomic E-state index is 14.7. The molecular formula is C25H23ClF5N3O2. The molecule has 0 aliphatic rings. The van der Waals surface area contributed by atoms with Crippen molar-refractivity contribution < 1.29 is 31.5 Å². The van der Waals surface area contributed by atoms with Gasteiger partial charge in [0, 0.05) is 24.7 Å². The van der Waals surface area contributed by atoms with Crippen LogP contribution in [-0.2, 0) is 12.0 Å². The van der Waals surface area contributed by atoms with E-state index in [-0.39, 0.29) is 28.7 Å². The first-order chi connectivity index (χ1) is 16.9. The molecule has 0 saturated heterocycles. The van der Waals surface area contributed by atoms with E-state index in [0.29, 0.717) is 11.6 Å². The number of aromatic nitrogens is 1. The number of benzene rings is 2. The van der Waals surface area contributed by atoms with Crippen molar-refractivity contribution in [2.45, 2.75) is 44.4 Å². The number of rotatable bonds is 9. The van der Waals surface area contributed by atoms with Gasteiger partial charge in [-0.1, -0.05) is 41.9 Å². The summed E-state index contributed by atoms with van der Waals surface area (Å²) in [6, 6.07) is 13.3. The molecule has 0 radical (unpaired) electrons. The number of nitrogens with one attached hydrogen (secondary N) is 2. The maximum atomic E-state index is 14.7. The third-order valence-corrected chi connectivity index (χ3v) is 5.32. The third kappa shape index (κ3) is 6.63. The Morgan fingerprint density at radius 3 is 2.36 bits per heavy atom. The molecule has 1 heterocycles. The van der Waals surface area contributed by atoms with Gasteiger partial charge in [-0.25, -0.2) is 9.18 Å². The van der Waals surface area contributed by atoms with Gasteiger partial charge in [0.25, 0.3) is 0 Å². The number of halogens is 6. The molecule has 0 aliphatic carbocycles. The van der Waals surface area contributed by atoms with Crippen molar-refractivity contribution in [2.24, 2.45) is 0 Å². The first-order valence-corrected chi connectivity index (χ1v) is 11.2. The summed E-state index contributed by atoms with van der Waals surface area (Å²) in [5.41, 5.74) is -0.860. The van der Waals surface area contributed by atoms with E-state index in [1.807, 2.05) is 0 Å². The number of ether oxygens (including phenoxy) is 1. The highest BCUT2D eigenvalue weighted by Gasteiger charge is 2.45. The average molecular weight is 528 g/mol. The minimum absolute atomic E-state index is 0.0118. The first kappa shape index (κ1) is 27.2. The minimum Gasteiger partial charge on any atom is -0.428 e. The normalized spacial score (nSPS) is 13.4. The van der Waals surface area contributed by atoms with Gasteiger partial charge in [0.05, 0.1) is 10.7 Å². The van der Waals surface area contributed by atoms with Crippen molar-refractivity contribution in [1.29, 1.82) is 0 Å². The molecular weight excluding hydrogens is 505 g/mol. The van der Waals surface area contributed by atoms with Gasteiger partial charge in [0.1, 0.15) is 17.1 Å². The van der Waals surface area contributed by atoms with Crippen LogP contribution in [0.4, 0.5) is 26.7 Å². The number of pyridine rings is 1. The highest BCUT2D eigenvalue weighted by molar-refractivity contribution is 6.30. The number of carbonyl (C=O) groups excluding carboxylic acids is 1. The second kappa shape index (κ2) is 11.1. The maximum Gasteiger partial charge on any atom is 0.461 e. The molecule has 2 N–H and O–H groups in total. The molecule has 0 bridgehead atoms. The van der Waals surface area contributed by atoms with Gasteiger partial charge in [-0.15, -0.1) is 0 Å². The zero-order chi connectivity index (χ0) is 26.5. The van der Waals surface area contributed by atoms with Crippen molar-refractivity contribution in [3.05, 3.63) is 94.5 Å². The van der Waals surface area contributed by atoms with E-state index < -0.39 is 35.7 Å².